The molecular formula is C20H26N2O5. The van der Waals surface area contributed by atoms with Crippen molar-refractivity contribution >= 4 is 16.9 Å². The molecule has 1 saturated heterocycles. The van der Waals surface area contributed by atoms with Crippen LogP contribution >= 0.6 is 0 Å². The third kappa shape index (κ3) is 5.80. The molecule has 146 valence electrons. The van der Waals surface area contributed by atoms with Gasteiger partial charge in [0.1, 0.15) is 11.3 Å². The summed E-state index contributed by atoms with van der Waals surface area (Å²) in [6.07, 6.45) is 1.39. The Morgan fingerprint density at radius 2 is 1.96 bits per heavy atom. The smallest absolute Gasteiger partial charge is 0.336 e. The average molecular weight is 374 g/mol. The minimum absolute atomic E-state index is 0.0752. The normalized spacial score (nSPS) is 20.5. The van der Waals surface area contributed by atoms with Crippen LogP contribution in [0.25, 0.3) is 11.0 Å². The van der Waals surface area contributed by atoms with Crippen molar-refractivity contribution in [1.29, 1.82) is 0 Å². The molecule has 0 radical (unpaired) electrons. The van der Waals surface area contributed by atoms with E-state index in [4.69, 9.17) is 13.9 Å². The molecule has 2 heterocycles. The zero-order valence-electron chi connectivity index (χ0n) is 15.8. The van der Waals surface area contributed by atoms with E-state index in [2.05, 4.69) is 24.1 Å². The van der Waals surface area contributed by atoms with Crippen molar-refractivity contribution in [2.45, 2.75) is 32.5 Å². The first-order chi connectivity index (χ1) is 13.0. The van der Waals surface area contributed by atoms with Gasteiger partial charge in [0.15, 0.2) is 6.61 Å². The lowest BCUT2D eigenvalue weighted by Gasteiger charge is -2.35. The number of nitrogens with one attached hydrogen (secondary N) is 1. The molecule has 2 aromatic rings. The van der Waals surface area contributed by atoms with E-state index in [0.29, 0.717) is 17.9 Å². The number of ether oxygens (including phenoxy) is 2. The quantitative estimate of drug-likeness (QED) is 0.588. The molecule has 0 bridgehead atoms. The van der Waals surface area contributed by atoms with E-state index >= 15 is 0 Å². The molecule has 1 aromatic heterocycles. The number of morpholine rings is 1. The van der Waals surface area contributed by atoms with Crippen molar-refractivity contribution in [1.82, 2.24) is 10.2 Å². The maximum absolute atomic E-state index is 11.9. The molecule has 0 spiro atoms. The van der Waals surface area contributed by atoms with Crippen molar-refractivity contribution in [3.63, 3.8) is 0 Å². The summed E-state index contributed by atoms with van der Waals surface area (Å²) in [5, 5.41) is 3.67. The summed E-state index contributed by atoms with van der Waals surface area (Å²) in [5.41, 5.74) is 0.0239. The molecule has 1 N–H and O–H groups in total. The van der Waals surface area contributed by atoms with Gasteiger partial charge < -0.3 is 19.2 Å². The minimum atomic E-state index is -0.415. The molecule has 27 heavy (non-hydrogen) atoms. The molecule has 7 heteroatoms. The molecule has 2 unspecified atom stereocenters. The van der Waals surface area contributed by atoms with Gasteiger partial charge in [-0.15, -0.1) is 0 Å². The lowest BCUT2D eigenvalue weighted by molar-refractivity contribution is -0.123. The van der Waals surface area contributed by atoms with E-state index in [1.54, 1.807) is 24.3 Å². The SMILES string of the molecule is CC1CN(CCCNC(=O)COc2ccc3ccc(=O)oc3c2)CC(C)O1. The van der Waals surface area contributed by atoms with Crippen LogP contribution in [0.1, 0.15) is 20.3 Å². The van der Waals surface area contributed by atoms with Crippen LogP contribution in [0.4, 0.5) is 0 Å². The molecule has 1 aliphatic heterocycles. The fourth-order valence-corrected chi connectivity index (χ4v) is 3.33. The van der Waals surface area contributed by atoms with Gasteiger partial charge >= 0.3 is 5.63 Å². The van der Waals surface area contributed by atoms with E-state index in [0.717, 1.165) is 31.4 Å². The molecule has 0 saturated carbocycles. The molecule has 1 aromatic carbocycles. The molecule has 1 aliphatic rings. The molecule has 7 nitrogen and oxygen atoms in total. The van der Waals surface area contributed by atoms with E-state index in [9.17, 15) is 9.59 Å². The van der Waals surface area contributed by atoms with Crippen LogP contribution in [-0.4, -0.2) is 55.8 Å². The monoisotopic (exact) mass is 374 g/mol. The lowest BCUT2D eigenvalue weighted by atomic mass is 10.2. The largest absolute Gasteiger partial charge is 0.484 e. The van der Waals surface area contributed by atoms with Crippen molar-refractivity contribution in [3.05, 3.63) is 40.8 Å². The number of carbonyl (C=O) groups excluding carboxylic acids is 1. The zero-order chi connectivity index (χ0) is 19.2. The van der Waals surface area contributed by atoms with Crippen molar-refractivity contribution in [2.24, 2.45) is 0 Å². The minimum Gasteiger partial charge on any atom is -0.484 e. The summed E-state index contributed by atoms with van der Waals surface area (Å²) in [6.45, 7) is 7.49. The number of benzene rings is 1. The fraction of sp³-hybridized carbons (Fsp3) is 0.500. The predicted molar refractivity (Wildman–Crippen MR) is 102 cm³/mol. The van der Waals surface area contributed by atoms with Gasteiger partial charge in [0.2, 0.25) is 0 Å². The molecule has 1 fully saturated rings. The van der Waals surface area contributed by atoms with Crippen molar-refractivity contribution in [3.8, 4) is 5.75 Å². The van der Waals surface area contributed by atoms with E-state index in [1.165, 1.54) is 6.07 Å². The molecule has 3 rings (SSSR count). The average Bonchev–Trinajstić information content (AvgIpc) is 2.62. The molecule has 1 amide bonds. The van der Waals surface area contributed by atoms with Gasteiger partial charge in [0, 0.05) is 43.7 Å². The summed E-state index contributed by atoms with van der Waals surface area (Å²) in [7, 11) is 0. The molecule has 0 aliphatic carbocycles. The standard InChI is InChI=1S/C20H26N2O5/c1-14-11-22(12-15(2)26-14)9-3-8-21-19(23)13-25-17-6-4-16-5-7-20(24)27-18(16)10-17/h4-7,10,14-15H,3,8-9,11-13H2,1-2H3,(H,21,23). The first kappa shape index (κ1) is 19.4. The van der Waals surface area contributed by atoms with Gasteiger partial charge in [-0.05, 0) is 38.5 Å². The second-order valence-corrected chi connectivity index (χ2v) is 6.96. The Balaban J connectivity index is 1.38. The Hall–Kier alpha value is -2.38. The highest BCUT2D eigenvalue weighted by atomic mass is 16.5. The van der Waals surface area contributed by atoms with Crippen LogP contribution in [-0.2, 0) is 9.53 Å². The number of rotatable bonds is 7. The number of nitrogens with zero attached hydrogens (tertiary/aromatic N) is 1. The van der Waals surface area contributed by atoms with Crippen LogP contribution in [0.15, 0.2) is 39.5 Å². The Labute approximate surface area is 158 Å². The highest BCUT2D eigenvalue weighted by molar-refractivity contribution is 5.79. The zero-order valence-corrected chi connectivity index (χ0v) is 15.8. The van der Waals surface area contributed by atoms with E-state index in [1.807, 2.05) is 0 Å². The topological polar surface area (TPSA) is 81.0 Å². The summed E-state index contributed by atoms with van der Waals surface area (Å²) < 4.78 is 16.3. The summed E-state index contributed by atoms with van der Waals surface area (Å²) >= 11 is 0. The highest BCUT2D eigenvalue weighted by Crippen LogP contribution is 2.19. The Morgan fingerprint density at radius 3 is 2.74 bits per heavy atom. The van der Waals surface area contributed by atoms with Crippen LogP contribution in [0, 0.1) is 0 Å². The Morgan fingerprint density at radius 1 is 1.22 bits per heavy atom. The summed E-state index contributed by atoms with van der Waals surface area (Å²) in [6, 6.07) is 8.21. The third-order valence-corrected chi connectivity index (χ3v) is 4.43. The van der Waals surface area contributed by atoms with E-state index in [-0.39, 0.29) is 24.7 Å². The Kier molecular flexibility index (Phi) is 6.47. The van der Waals surface area contributed by atoms with Crippen LogP contribution in [0.3, 0.4) is 0 Å². The maximum Gasteiger partial charge on any atom is 0.336 e. The maximum atomic E-state index is 11.9. The van der Waals surface area contributed by atoms with Gasteiger partial charge in [-0.1, -0.05) is 0 Å². The summed E-state index contributed by atoms with van der Waals surface area (Å²) in [4.78, 5) is 25.6. The lowest BCUT2D eigenvalue weighted by Crippen LogP contribution is -2.46. The van der Waals surface area contributed by atoms with Crippen LogP contribution < -0.4 is 15.7 Å². The second kappa shape index (κ2) is 9.01. The van der Waals surface area contributed by atoms with E-state index < -0.39 is 5.63 Å². The fourth-order valence-electron chi connectivity index (χ4n) is 3.33. The molecular weight excluding hydrogens is 348 g/mol. The number of fused-ring (bicyclic) bond motifs is 1. The van der Waals surface area contributed by atoms with Crippen LogP contribution in [0.2, 0.25) is 0 Å². The number of amides is 1. The Bertz CT molecular complexity index is 824. The predicted octanol–water partition coefficient (Wildman–Crippen LogP) is 1.79. The van der Waals surface area contributed by atoms with Gasteiger partial charge in [0.05, 0.1) is 12.2 Å². The summed E-state index contributed by atoms with van der Waals surface area (Å²) in [5.74, 6) is 0.316. The number of hydrogen-bond donors (Lipinski definition) is 1. The first-order valence-corrected chi connectivity index (χ1v) is 9.31. The van der Waals surface area contributed by atoms with Crippen LogP contribution in [0.5, 0.6) is 5.75 Å². The van der Waals surface area contributed by atoms with Gasteiger partial charge in [-0.3, -0.25) is 9.69 Å². The van der Waals surface area contributed by atoms with Gasteiger partial charge in [-0.2, -0.15) is 0 Å². The van der Waals surface area contributed by atoms with Crippen molar-refractivity contribution in [2.75, 3.05) is 32.8 Å². The van der Waals surface area contributed by atoms with Gasteiger partial charge in [-0.25, -0.2) is 4.79 Å². The highest BCUT2D eigenvalue weighted by Gasteiger charge is 2.21. The van der Waals surface area contributed by atoms with Crippen molar-refractivity contribution < 1.29 is 18.7 Å². The first-order valence-electron chi connectivity index (χ1n) is 9.31. The van der Waals surface area contributed by atoms with Gasteiger partial charge in [0.25, 0.3) is 5.91 Å². The third-order valence-electron chi connectivity index (χ3n) is 4.43. The number of carbonyl (C=O) groups is 1. The number of hydrogen-bond acceptors (Lipinski definition) is 6. The second-order valence-electron chi connectivity index (χ2n) is 6.96. The molecule has 2 atom stereocenters.